The summed E-state index contributed by atoms with van der Waals surface area (Å²) in [4.78, 5) is 11.2. The van der Waals surface area contributed by atoms with Gasteiger partial charge in [-0.2, -0.15) is 5.10 Å². The van der Waals surface area contributed by atoms with E-state index in [0.717, 1.165) is 22.2 Å². The van der Waals surface area contributed by atoms with E-state index in [1.54, 1.807) is 12.1 Å². The first-order valence-corrected chi connectivity index (χ1v) is 14.1. The van der Waals surface area contributed by atoms with Crippen molar-refractivity contribution < 1.29 is 4.92 Å². The van der Waals surface area contributed by atoms with Gasteiger partial charge < -0.3 is 0 Å². The van der Waals surface area contributed by atoms with Crippen molar-refractivity contribution in [2.45, 2.75) is 5.54 Å². The number of hydrogen-bond donors (Lipinski definition) is 0. The van der Waals surface area contributed by atoms with E-state index in [2.05, 4.69) is 68.8 Å². The Morgan fingerprint density at radius 2 is 1.34 bits per heavy atom. The van der Waals surface area contributed by atoms with Gasteiger partial charge in [-0.25, -0.2) is 4.68 Å². The Kier molecular flexibility index (Phi) is 6.57. The van der Waals surface area contributed by atoms with Crippen molar-refractivity contribution in [1.82, 2.24) is 9.78 Å². The molecule has 1 aromatic heterocycles. The molecule has 0 N–H and O–H groups in total. The molecule has 1 heterocycles. The summed E-state index contributed by atoms with van der Waals surface area (Å²) < 4.78 is 1.97. The summed E-state index contributed by atoms with van der Waals surface area (Å²) in [6.45, 7) is 0. The van der Waals surface area contributed by atoms with E-state index in [9.17, 15) is 10.1 Å². The molecule has 0 radical (unpaired) electrons. The molecule has 5 rings (SSSR count). The van der Waals surface area contributed by atoms with E-state index < -0.39 is 5.54 Å². The number of benzene rings is 4. The summed E-state index contributed by atoms with van der Waals surface area (Å²) >= 11 is 2.11. The molecule has 0 saturated carbocycles. The number of non-ortho nitro benzene ring substituents is 1. The van der Waals surface area contributed by atoms with Gasteiger partial charge >= 0.3 is 0 Å². The molecule has 0 aliphatic carbocycles. The van der Waals surface area contributed by atoms with Crippen LogP contribution in [0.25, 0.3) is 10.9 Å². The molecule has 7 heteroatoms. The summed E-state index contributed by atoms with van der Waals surface area (Å²) in [5, 5.41) is 20.2. The Labute approximate surface area is 218 Å². The first kappa shape index (κ1) is 23.1. The second-order valence-corrected chi connectivity index (χ2v) is 9.51. The highest BCUT2D eigenvalue weighted by molar-refractivity contribution is 14.2. The minimum atomic E-state index is -0.838. The fraction of sp³-hybridized carbons (Fsp3) is 0.0357. The minimum absolute atomic E-state index is 0.00644. The monoisotopic (exact) mass is 587 g/mol. The topological polar surface area (TPSA) is 61.0 Å². The molecule has 0 atom stereocenters. The second kappa shape index (κ2) is 9.94. The van der Waals surface area contributed by atoms with Crippen molar-refractivity contribution >= 4 is 46.7 Å². The average Bonchev–Trinajstić information content (AvgIpc) is 3.28. The Hall–Kier alpha value is -3.61. The highest BCUT2D eigenvalue weighted by Crippen LogP contribution is 2.43. The van der Waals surface area contributed by atoms with Gasteiger partial charge in [0.25, 0.3) is 5.69 Å². The van der Waals surface area contributed by atoms with Gasteiger partial charge in [-0.15, -0.1) is 0 Å². The van der Waals surface area contributed by atoms with Crippen molar-refractivity contribution in [3.05, 3.63) is 142 Å². The maximum atomic E-state index is 11.6. The number of aromatic nitrogens is 2. The lowest BCUT2D eigenvalue weighted by Crippen LogP contribution is -2.38. The van der Waals surface area contributed by atoms with Crippen LogP contribution in [0, 0.1) is 21.3 Å². The Morgan fingerprint density at radius 1 is 0.829 bits per heavy atom. The van der Waals surface area contributed by atoms with Crippen molar-refractivity contribution in [3.63, 3.8) is 0 Å². The van der Waals surface area contributed by atoms with Crippen LogP contribution in [0.4, 0.5) is 5.69 Å². The van der Waals surface area contributed by atoms with Crippen LogP contribution in [0.3, 0.4) is 0 Å². The van der Waals surface area contributed by atoms with Gasteiger partial charge in [0.1, 0.15) is 11.2 Å². The molecule has 0 bridgehead atoms. The van der Waals surface area contributed by atoms with Gasteiger partial charge in [-0.3, -0.25) is 10.1 Å². The lowest BCUT2D eigenvalue weighted by molar-refractivity contribution is -0.384. The Balaban J connectivity index is 1.97. The standard InChI is InChI=1S/C28H18IN3O2S/c29-35-19-18-26-25-20-24(32(33)34)16-17-27(25)31(30-26)28(21-10-4-1-5-11-21,22-12-6-2-7-13-22)23-14-8-3-9-15-23/h1-17,20H. The highest BCUT2D eigenvalue weighted by atomic mass is 127. The van der Waals surface area contributed by atoms with Crippen molar-refractivity contribution in [2.24, 2.45) is 0 Å². The van der Waals surface area contributed by atoms with Crippen LogP contribution in [0.15, 0.2) is 109 Å². The number of hydrogen-bond acceptors (Lipinski definition) is 4. The van der Waals surface area contributed by atoms with E-state index in [1.165, 1.54) is 15.0 Å². The number of nitro benzene ring substituents is 1. The maximum Gasteiger partial charge on any atom is 0.270 e. The molecule has 0 aliphatic heterocycles. The minimum Gasteiger partial charge on any atom is -0.258 e. The molecule has 35 heavy (non-hydrogen) atoms. The van der Waals surface area contributed by atoms with Crippen LogP contribution in [-0.2, 0) is 5.54 Å². The van der Waals surface area contributed by atoms with E-state index in [1.807, 2.05) is 59.3 Å². The van der Waals surface area contributed by atoms with Gasteiger partial charge in [-0.1, -0.05) is 91.0 Å². The summed E-state index contributed by atoms with van der Waals surface area (Å²) in [5.74, 6) is 3.10. The predicted molar refractivity (Wildman–Crippen MR) is 149 cm³/mol. The van der Waals surface area contributed by atoms with Crippen LogP contribution in [0.2, 0.25) is 0 Å². The first-order chi connectivity index (χ1) is 17.2. The molecule has 0 aliphatic rings. The first-order valence-electron chi connectivity index (χ1n) is 10.8. The zero-order chi connectivity index (χ0) is 24.3. The van der Waals surface area contributed by atoms with Gasteiger partial charge in [0.15, 0.2) is 0 Å². The molecule has 0 spiro atoms. The average molecular weight is 587 g/mol. The van der Waals surface area contributed by atoms with Crippen LogP contribution in [0.1, 0.15) is 22.4 Å². The fourth-order valence-corrected chi connectivity index (χ4v) is 5.01. The second-order valence-electron chi connectivity index (χ2n) is 7.83. The van der Waals surface area contributed by atoms with E-state index in [4.69, 9.17) is 5.10 Å². The predicted octanol–water partition coefficient (Wildman–Crippen LogP) is 7.18. The quantitative estimate of drug-likeness (QED) is 0.0719. The molecular formula is C28H18IN3O2S. The Bertz CT molecular complexity index is 1460. The molecule has 0 amide bonds. The third-order valence-corrected chi connectivity index (χ3v) is 6.81. The molecule has 0 saturated heterocycles. The molecule has 5 nitrogen and oxygen atoms in total. The van der Waals surface area contributed by atoms with Crippen LogP contribution in [0.5, 0.6) is 0 Å². The lowest BCUT2D eigenvalue weighted by atomic mass is 9.77. The molecule has 170 valence electrons. The maximum absolute atomic E-state index is 11.6. The summed E-state index contributed by atoms with van der Waals surface area (Å²) in [5.41, 5.74) is 3.48. The zero-order valence-electron chi connectivity index (χ0n) is 18.3. The Morgan fingerprint density at radius 3 is 1.80 bits per heavy atom. The third-order valence-electron chi connectivity index (χ3n) is 5.97. The molecular weight excluding hydrogens is 569 g/mol. The van der Waals surface area contributed by atoms with Gasteiger partial charge in [0.2, 0.25) is 0 Å². The molecule has 0 unspecified atom stereocenters. The van der Waals surface area contributed by atoms with E-state index >= 15 is 0 Å². The summed E-state index contributed by atoms with van der Waals surface area (Å²) in [6, 6.07) is 35.4. The van der Waals surface area contributed by atoms with Crippen molar-refractivity contribution in [2.75, 3.05) is 0 Å². The van der Waals surface area contributed by atoms with E-state index in [-0.39, 0.29) is 10.6 Å². The zero-order valence-corrected chi connectivity index (χ0v) is 21.3. The van der Waals surface area contributed by atoms with Crippen molar-refractivity contribution in [3.8, 4) is 11.2 Å². The summed E-state index contributed by atoms with van der Waals surface area (Å²) in [7, 11) is 1.35. The molecule has 5 aromatic rings. The third kappa shape index (κ3) is 4.09. The highest BCUT2D eigenvalue weighted by Gasteiger charge is 2.41. The normalized spacial score (nSPS) is 11.1. The molecule has 0 fully saturated rings. The van der Waals surface area contributed by atoms with Crippen LogP contribution < -0.4 is 0 Å². The van der Waals surface area contributed by atoms with Gasteiger partial charge in [0, 0.05) is 38.7 Å². The molecule has 4 aromatic carbocycles. The number of nitro groups is 1. The SMILES string of the molecule is O=[N+]([O-])c1ccc2c(c1)c(C#CSI)nn2C(c1ccccc1)(c1ccccc1)c1ccccc1. The van der Waals surface area contributed by atoms with Gasteiger partial charge in [0.05, 0.1) is 10.4 Å². The number of rotatable bonds is 5. The lowest BCUT2D eigenvalue weighted by Gasteiger charge is -2.37. The largest absolute Gasteiger partial charge is 0.270 e. The van der Waals surface area contributed by atoms with Crippen molar-refractivity contribution in [1.29, 1.82) is 0 Å². The smallest absolute Gasteiger partial charge is 0.258 e. The van der Waals surface area contributed by atoms with E-state index in [0.29, 0.717) is 11.1 Å². The van der Waals surface area contributed by atoms with Crippen LogP contribution >= 0.6 is 30.1 Å². The van der Waals surface area contributed by atoms with Crippen LogP contribution in [-0.4, -0.2) is 14.7 Å². The number of nitrogens with zero attached hydrogens (tertiary/aromatic N) is 3. The number of halogens is 1. The number of fused-ring (bicyclic) bond motifs is 1. The fourth-order valence-electron chi connectivity index (χ4n) is 4.54. The summed E-state index contributed by atoms with van der Waals surface area (Å²) in [6.07, 6.45) is 0. The van der Waals surface area contributed by atoms with Gasteiger partial charge in [-0.05, 0) is 42.9 Å².